The molecule has 2 rings (SSSR count). The molecule has 6 nitrogen and oxygen atoms in total. The second-order valence-corrected chi connectivity index (χ2v) is 4.96. The van der Waals surface area contributed by atoms with Crippen molar-refractivity contribution in [3.05, 3.63) is 23.0 Å². The van der Waals surface area contributed by atoms with Gasteiger partial charge >= 0.3 is 5.97 Å². The van der Waals surface area contributed by atoms with Crippen molar-refractivity contribution < 1.29 is 14.7 Å². The maximum absolute atomic E-state index is 12.5. The largest absolute Gasteiger partial charge is 0.481 e. The number of nitrogens with zero attached hydrogens (tertiary/aromatic N) is 3. The molecule has 1 N–H and O–H groups in total. The third-order valence-corrected chi connectivity index (χ3v) is 3.66. The fraction of sp³-hybridized carbons (Fsp3) is 0.538. The van der Waals surface area contributed by atoms with Crippen LogP contribution in [0.5, 0.6) is 0 Å². The fourth-order valence-corrected chi connectivity index (χ4v) is 2.48. The lowest BCUT2D eigenvalue weighted by molar-refractivity contribution is -0.142. The monoisotopic (exact) mass is 263 g/mol. The van der Waals surface area contributed by atoms with Crippen LogP contribution in [0.15, 0.2) is 6.07 Å². The van der Waals surface area contributed by atoms with Crippen LogP contribution in [0, 0.1) is 19.8 Å². The number of aliphatic carboxylic acids is 1. The fourth-order valence-electron chi connectivity index (χ4n) is 2.48. The second kappa shape index (κ2) is 4.95. The molecule has 6 heteroatoms. The highest BCUT2D eigenvalue weighted by Gasteiger charge is 2.38. The van der Waals surface area contributed by atoms with E-state index in [0.29, 0.717) is 29.9 Å². The molecule has 19 heavy (non-hydrogen) atoms. The quantitative estimate of drug-likeness (QED) is 0.861. The molecule has 0 bridgehead atoms. The number of carboxylic acids is 1. The Labute approximate surface area is 111 Å². The van der Waals surface area contributed by atoms with Gasteiger partial charge in [-0.2, -0.15) is 10.2 Å². The molecule has 102 valence electrons. The van der Waals surface area contributed by atoms with Gasteiger partial charge in [0.2, 0.25) is 0 Å². The first-order valence-electron chi connectivity index (χ1n) is 6.26. The summed E-state index contributed by atoms with van der Waals surface area (Å²) in [5.41, 5.74) is 1.75. The summed E-state index contributed by atoms with van der Waals surface area (Å²) in [5.74, 6) is -1.49. The van der Waals surface area contributed by atoms with E-state index in [-0.39, 0.29) is 11.9 Å². The molecule has 1 fully saturated rings. The van der Waals surface area contributed by atoms with Crippen LogP contribution in [0.25, 0.3) is 0 Å². The molecule has 1 aromatic rings. The average Bonchev–Trinajstić information content (AvgIpc) is 2.73. The van der Waals surface area contributed by atoms with Gasteiger partial charge in [0.05, 0.1) is 22.9 Å². The first-order valence-corrected chi connectivity index (χ1v) is 6.26. The molecule has 0 aromatic carbocycles. The summed E-state index contributed by atoms with van der Waals surface area (Å²) < 4.78 is 0. The van der Waals surface area contributed by atoms with Gasteiger partial charge in [0, 0.05) is 12.6 Å². The van der Waals surface area contributed by atoms with E-state index >= 15 is 0 Å². The van der Waals surface area contributed by atoms with E-state index < -0.39 is 11.9 Å². The molecular formula is C13H17N3O3. The Bertz CT molecular complexity index is 530. The van der Waals surface area contributed by atoms with E-state index in [0.717, 1.165) is 0 Å². The van der Waals surface area contributed by atoms with Gasteiger partial charge in [-0.05, 0) is 33.3 Å². The number of hydrogen-bond acceptors (Lipinski definition) is 4. The number of aromatic nitrogens is 2. The Kier molecular flexibility index (Phi) is 3.50. The van der Waals surface area contributed by atoms with Crippen LogP contribution in [0.4, 0.5) is 0 Å². The lowest BCUT2D eigenvalue weighted by Crippen LogP contribution is -2.38. The molecule has 0 aliphatic carbocycles. The Morgan fingerprint density at radius 3 is 2.63 bits per heavy atom. The van der Waals surface area contributed by atoms with Crippen molar-refractivity contribution >= 4 is 11.9 Å². The van der Waals surface area contributed by atoms with Crippen LogP contribution in [-0.2, 0) is 4.79 Å². The predicted octanol–water partition coefficient (Wildman–Crippen LogP) is 1.03. The van der Waals surface area contributed by atoms with E-state index in [9.17, 15) is 9.59 Å². The smallest absolute Gasteiger partial charge is 0.308 e. The van der Waals surface area contributed by atoms with Gasteiger partial charge < -0.3 is 10.0 Å². The Balaban J connectivity index is 2.26. The highest BCUT2D eigenvalue weighted by Crippen LogP contribution is 2.26. The number of likely N-dealkylation sites (tertiary alicyclic amines) is 1. The minimum Gasteiger partial charge on any atom is -0.481 e. The summed E-state index contributed by atoms with van der Waals surface area (Å²) in [7, 11) is 0. The average molecular weight is 263 g/mol. The Morgan fingerprint density at radius 1 is 1.37 bits per heavy atom. The highest BCUT2D eigenvalue weighted by molar-refractivity contribution is 5.96. The van der Waals surface area contributed by atoms with E-state index in [4.69, 9.17) is 5.11 Å². The zero-order valence-electron chi connectivity index (χ0n) is 11.3. The van der Waals surface area contributed by atoms with Gasteiger partial charge in [-0.1, -0.05) is 0 Å². The first kappa shape index (κ1) is 13.5. The van der Waals surface area contributed by atoms with Crippen LogP contribution >= 0.6 is 0 Å². The van der Waals surface area contributed by atoms with Gasteiger partial charge in [-0.25, -0.2) is 0 Å². The van der Waals surface area contributed by atoms with Crippen molar-refractivity contribution in [3.8, 4) is 0 Å². The van der Waals surface area contributed by atoms with Gasteiger partial charge in [0.15, 0.2) is 0 Å². The van der Waals surface area contributed by atoms with E-state index in [2.05, 4.69) is 10.2 Å². The number of carboxylic acid groups (broad SMARTS) is 1. The zero-order chi connectivity index (χ0) is 14.2. The maximum Gasteiger partial charge on any atom is 0.308 e. The highest BCUT2D eigenvalue weighted by atomic mass is 16.4. The summed E-state index contributed by atoms with van der Waals surface area (Å²) >= 11 is 0. The lowest BCUT2D eigenvalue weighted by Gasteiger charge is -2.23. The summed E-state index contributed by atoms with van der Waals surface area (Å²) in [6.45, 7) is 5.75. The topological polar surface area (TPSA) is 83.4 Å². The molecular weight excluding hydrogens is 246 g/mol. The van der Waals surface area contributed by atoms with Crippen LogP contribution in [0.1, 0.15) is 35.1 Å². The van der Waals surface area contributed by atoms with Crippen molar-refractivity contribution in [2.24, 2.45) is 5.92 Å². The van der Waals surface area contributed by atoms with Crippen molar-refractivity contribution in [1.29, 1.82) is 0 Å². The minimum atomic E-state index is -0.844. The summed E-state index contributed by atoms with van der Waals surface area (Å²) in [6, 6.07) is 1.41. The van der Waals surface area contributed by atoms with Gasteiger partial charge in [0.1, 0.15) is 0 Å². The number of hydrogen-bond donors (Lipinski definition) is 1. The number of amides is 1. The molecule has 0 radical (unpaired) electrons. The summed E-state index contributed by atoms with van der Waals surface area (Å²) in [4.78, 5) is 25.2. The summed E-state index contributed by atoms with van der Waals surface area (Å²) in [6.07, 6.45) is 0.499. The van der Waals surface area contributed by atoms with E-state index in [1.807, 2.05) is 0 Å². The van der Waals surface area contributed by atoms with E-state index in [1.54, 1.807) is 31.7 Å². The predicted molar refractivity (Wildman–Crippen MR) is 67.7 cm³/mol. The van der Waals surface area contributed by atoms with Crippen molar-refractivity contribution in [2.75, 3.05) is 6.54 Å². The standard InChI is InChI=1S/C13H17N3O3/c1-7-6-11(8(2)15-14-7)12(17)16-5-4-10(9(16)3)13(18)19/h6,9-10H,4-5H2,1-3H3,(H,18,19). The first-order chi connectivity index (χ1) is 8.91. The maximum atomic E-state index is 12.5. The van der Waals surface area contributed by atoms with Gasteiger partial charge in [-0.3, -0.25) is 9.59 Å². The van der Waals surface area contributed by atoms with Crippen LogP contribution < -0.4 is 0 Å². The Morgan fingerprint density at radius 2 is 2.05 bits per heavy atom. The number of carbonyl (C=O) groups is 2. The zero-order valence-corrected chi connectivity index (χ0v) is 11.3. The van der Waals surface area contributed by atoms with Crippen molar-refractivity contribution in [1.82, 2.24) is 15.1 Å². The van der Waals surface area contributed by atoms with Crippen LogP contribution in [0.3, 0.4) is 0 Å². The third kappa shape index (κ3) is 2.43. The minimum absolute atomic E-state index is 0.160. The van der Waals surface area contributed by atoms with E-state index in [1.165, 1.54) is 0 Å². The second-order valence-electron chi connectivity index (χ2n) is 4.96. The summed E-state index contributed by atoms with van der Waals surface area (Å²) in [5, 5.41) is 16.9. The number of rotatable bonds is 2. The molecule has 1 aromatic heterocycles. The normalized spacial score (nSPS) is 22.6. The number of carbonyl (C=O) groups excluding carboxylic acids is 1. The molecule has 0 saturated carbocycles. The van der Waals surface area contributed by atoms with Crippen molar-refractivity contribution in [2.45, 2.75) is 33.2 Å². The van der Waals surface area contributed by atoms with Crippen molar-refractivity contribution in [3.63, 3.8) is 0 Å². The molecule has 0 spiro atoms. The molecule has 1 aliphatic heterocycles. The molecule has 1 aliphatic rings. The molecule has 1 saturated heterocycles. The molecule has 2 unspecified atom stereocenters. The van der Waals surface area contributed by atoms with Crippen LogP contribution in [-0.4, -0.2) is 44.7 Å². The van der Waals surface area contributed by atoms with Gasteiger partial charge in [-0.15, -0.1) is 0 Å². The SMILES string of the molecule is Cc1cc(C(=O)N2CCC(C(=O)O)C2C)c(C)nn1. The lowest BCUT2D eigenvalue weighted by atomic mass is 10.0. The molecule has 1 amide bonds. The van der Waals surface area contributed by atoms with Crippen LogP contribution in [0.2, 0.25) is 0 Å². The molecule has 2 heterocycles. The Hall–Kier alpha value is -1.98. The number of aryl methyl sites for hydroxylation is 2. The third-order valence-electron chi connectivity index (χ3n) is 3.66. The molecule has 2 atom stereocenters. The van der Waals surface area contributed by atoms with Gasteiger partial charge in [0.25, 0.3) is 5.91 Å².